The first-order valence-electron chi connectivity index (χ1n) is 5.22. The Morgan fingerprint density at radius 2 is 1.88 bits per heavy atom. The zero-order valence-electron chi connectivity index (χ0n) is 9.05. The molecular weight excluding hydrogens is 238 g/mol. The molecule has 0 amide bonds. The van der Waals surface area contributed by atoms with E-state index >= 15 is 0 Å². The van der Waals surface area contributed by atoms with Crippen LogP contribution in [0.5, 0.6) is 0 Å². The predicted octanol–water partition coefficient (Wildman–Crippen LogP) is 2.28. The fraction of sp³-hybridized carbons (Fsp3) is 0.167. The van der Waals surface area contributed by atoms with Crippen molar-refractivity contribution in [3.05, 3.63) is 53.2 Å². The number of benzene rings is 1. The zero-order chi connectivity index (χ0) is 12.1. The van der Waals surface area contributed by atoms with Crippen LogP contribution in [0.15, 0.2) is 42.5 Å². The molecule has 0 bridgehead atoms. The van der Waals surface area contributed by atoms with Gasteiger partial charge in [0.15, 0.2) is 5.15 Å². The SMILES string of the molecule is O[C@@H](CNc1ccc(Cl)nn1)c1ccccc1. The number of halogens is 1. The molecule has 1 aromatic heterocycles. The lowest BCUT2D eigenvalue weighted by Gasteiger charge is -2.11. The molecule has 88 valence electrons. The Labute approximate surface area is 104 Å². The lowest BCUT2D eigenvalue weighted by Crippen LogP contribution is -2.13. The summed E-state index contributed by atoms with van der Waals surface area (Å²) in [6.07, 6.45) is -0.575. The maximum atomic E-state index is 9.90. The first kappa shape index (κ1) is 11.8. The third-order valence-corrected chi connectivity index (χ3v) is 2.49. The van der Waals surface area contributed by atoms with E-state index in [1.165, 1.54) is 0 Å². The Balaban J connectivity index is 1.92. The van der Waals surface area contributed by atoms with Gasteiger partial charge >= 0.3 is 0 Å². The Bertz CT molecular complexity index is 461. The monoisotopic (exact) mass is 249 g/mol. The van der Waals surface area contributed by atoms with Crippen LogP contribution in [0.4, 0.5) is 5.82 Å². The van der Waals surface area contributed by atoms with Gasteiger partial charge in [0.1, 0.15) is 5.82 Å². The zero-order valence-corrected chi connectivity index (χ0v) is 9.80. The molecule has 5 heteroatoms. The van der Waals surface area contributed by atoms with E-state index in [0.29, 0.717) is 17.5 Å². The van der Waals surface area contributed by atoms with Gasteiger partial charge in [-0.3, -0.25) is 0 Å². The first-order chi connectivity index (χ1) is 8.25. The van der Waals surface area contributed by atoms with Crippen molar-refractivity contribution in [3.8, 4) is 0 Å². The second-order valence-corrected chi connectivity index (χ2v) is 3.94. The molecular formula is C12H12ClN3O. The molecule has 0 saturated carbocycles. The van der Waals surface area contributed by atoms with Gasteiger partial charge in [-0.15, -0.1) is 10.2 Å². The first-order valence-corrected chi connectivity index (χ1v) is 5.59. The van der Waals surface area contributed by atoms with E-state index in [2.05, 4.69) is 15.5 Å². The normalized spacial score (nSPS) is 12.1. The van der Waals surface area contributed by atoms with E-state index in [4.69, 9.17) is 11.6 Å². The topological polar surface area (TPSA) is 58.0 Å². The standard InChI is InChI=1S/C12H12ClN3O/c13-11-6-7-12(16-15-11)14-8-10(17)9-4-2-1-3-5-9/h1-7,10,17H,8H2,(H,14,16)/t10-/m0/s1. The van der Waals surface area contributed by atoms with Gasteiger partial charge in [0, 0.05) is 6.54 Å². The minimum Gasteiger partial charge on any atom is -0.387 e. The van der Waals surface area contributed by atoms with E-state index in [1.54, 1.807) is 12.1 Å². The second kappa shape index (κ2) is 5.61. The van der Waals surface area contributed by atoms with Crippen LogP contribution in [-0.4, -0.2) is 21.8 Å². The van der Waals surface area contributed by atoms with Crippen molar-refractivity contribution in [1.29, 1.82) is 0 Å². The Kier molecular flexibility index (Phi) is 3.90. The number of aromatic nitrogens is 2. The van der Waals surface area contributed by atoms with Gasteiger partial charge in [0.25, 0.3) is 0 Å². The highest BCUT2D eigenvalue weighted by Crippen LogP contribution is 2.13. The summed E-state index contributed by atoms with van der Waals surface area (Å²) < 4.78 is 0. The average Bonchev–Trinajstić information content (AvgIpc) is 2.39. The predicted molar refractivity (Wildman–Crippen MR) is 66.9 cm³/mol. The molecule has 2 N–H and O–H groups in total. The van der Waals surface area contributed by atoms with Crippen LogP contribution in [0.25, 0.3) is 0 Å². The summed E-state index contributed by atoms with van der Waals surface area (Å²) in [5, 5.41) is 20.8. The number of aliphatic hydroxyl groups excluding tert-OH is 1. The second-order valence-electron chi connectivity index (χ2n) is 3.55. The molecule has 2 rings (SSSR count). The van der Waals surface area contributed by atoms with Crippen LogP contribution < -0.4 is 5.32 Å². The summed E-state index contributed by atoms with van der Waals surface area (Å²) in [5.41, 5.74) is 0.863. The van der Waals surface area contributed by atoms with Crippen molar-refractivity contribution in [3.63, 3.8) is 0 Å². The van der Waals surface area contributed by atoms with E-state index < -0.39 is 6.10 Å². The molecule has 0 spiro atoms. The Morgan fingerprint density at radius 1 is 1.12 bits per heavy atom. The van der Waals surface area contributed by atoms with Crippen LogP contribution in [0.1, 0.15) is 11.7 Å². The Hall–Kier alpha value is -1.65. The highest BCUT2D eigenvalue weighted by molar-refractivity contribution is 6.29. The van der Waals surface area contributed by atoms with E-state index in [9.17, 15) is 5.11 Å². The van der Waals surface area contributed by atoms with Gasteiger partial charge in [-0.2, -0.15) is 0 Å². The average molecular weight is 250 g/mol. The minimum absolute atomic E-state index is 0.346. The largest absolute Gasteiger partial charge is 0.387 e. The smallest absolute Gasteiger partial charge is 0.151 e. The molecule has 0 aliphatic heterocycles. The third kappa shape index (κ3) is 3.41. The lowest BCUT2D eigenvalue weighted by molar-refractivity contribution is 0.191. The fourth-order valence-electron chi connectivity index (χ4n) is 1.40. The van der Waals surface area contributed by atoms with Gasteiger partial charge in [-0.25, -0.2) is 0 Å². The number of anilines is 1. The highest BCUT2D eigenvalue weighted by atomic mass is 35.5. The molecule has 17 heavy (non-hydrogen) atoms. The molecule has 0 saturated heterocycles. The van der Waals surface area contributed by atoms with Crippen molar-refractivity contribution in [2.75, 3.05) is 11.9 Å². The Morgan fingerprint density at radius 3 is 2.53 bits per heavy atom. The molecule has 1 heterocycles. The maximum absolute atomic E-state index is 9.90. The number of rotatable bonds is 4. The molecule has 0 unspecified atom stereocenters. The van der Waals surface area contributed by atoms with Crippen LogP contribution in [0, 0.1) is 0 Å². The molecule has 4 nitrogen and oxygen atoms in total. The maximum Gasteiger partial charge on any atom is 0.151 e. The van der Waals surface area contributed by atoms with Gasteiger partial charge in [-0.1, -0.05) is 41.9 Å². The molecule has 0 fully saturated rings. The molecule has 0 radical (unpaired) electrons. The van der Waals surface area contributed by atoms with Gasteiger partial charge < -0.3 is 10.4 Å². The van der Waals surface area contributed by atoms with Gasteiger partial charge in [0.05, 0.1) is 6.10 Å². The molecule has 1 aromatic carbocycles. The van der Waals surface area contributed by atoms with E-state index in [0.717, 1.165) is 5.56 Å². The van der Waals surface area contributed by atoms with E-state index in [1.807, 2.05) is 30.3 Å². The lowest BCUT2D eigenvalue weighted by atomic mass is 10.1. The summed E-state index contributed by atoms with van der Waals surface area (Å²) >= 11 is 5.62. The quantitative estimate of drug-likeness (QED) is 0.873. The van der Waals surface area contributed by atoms with Crippen LogP contribution in [0.3, 0.4) is 0 Å². The summed E-state index contributed by atoms with van der Waals surface area (Å²) in [4.78, 5) is 0. The molecule has 2 aromatic rings. The highest BCUT2D eigenvalue weighted by Gasteiger charge is 2.06. The summed E-state index contributed by atoms with van der Waals surface area (Å²) in [6, 6.07) is 12.8. The summed E-state index contributed by atoms with van der Waals surface area (Å²) in [7, 11) is 0. The number of nitrogens with zero attached hydrogens (tertiary/aromatic N) is 2. The van der Waals surface area contributed by atoms with Crippen LogP contribution in [-0.2, 0) is 0 Å². The van der Waals surface area contributed by atoms with E-state index in [-0.39, 0.29) is 0 Å². The van der Waals surface area contributed by atoms with Gasteiger partial charge in [0.2, 0.25) is 0 Å². The number of aliphatic hydroxyl groups is 1. The molecule has 0 aliphatic carbocycles. The van der Waals surface area contributed by atoms with Crippen molar-refractivity contribution >= 4 is 17.4 Å². The number of nitrogens with one attached hydrogen (secondary N) is 1. The fourth-order valence-corrected chi connectivity index (χ4v) is 1.51. The van der Waals surface area contributed by atoms with Crippen molar-refractivity contribution in [2.24, 2.45) is 0 Å². The minimum atomic E-state index is -0.575. The van der Waals surface area contributed by atoms with Crippen LogP contribution >= 0.6 is 11.6 Å². The number of hydrogen-bond acceptors (Lipinski definition) is 4. The van der Waals surface area contributed by atoms with Crippen LogP contribution in [0.2, 0.25) is 5.15 Å². The number of hydrogen-bond donors (Lipinski definition) is 2. The van der Waals surface area contributed by atoms with Crippen molar-refractivity contribution in [1.82, 2.24) is 10.2 Å². The molecule has 1 atom stereocenters. The van der Waals surface area contributed by atoms with Gasteiger partial charge in [-0.05, 0) is 17.7 Å². The summed E-state index contributed by atoms with van der Waals surface area (Å²) in [6.45, 7) is 0.375. The molecule has 0 aliphatic rings. The van der Waals surface area contributed by atoms with Crippen molar-refractivity contribution in [2.45, 2.75) is 6.10 Å². The summed E-state index contributed by atoms with van der Waals surface area (Å²) in [5.74, 6) is 0.587. The van der Waals surface area contributed by atoms with Crippen molar-refractivity contribution < 1.29 is 5.11 Å². The third-order valence-electron chi connectivity index (χ3n) is 2.29.